The molecule has 0 N–H and O–H groups in total. The maximum absolute atomic E-state index is 12.9. The van der Waals surface area contributed by atoms with Crippen molar-refractivity contribution in [1.82, 2.24) is 24.5 Å². The number of fused-ring (bicyclic) bond motifs is 1. The number of pyridine rings is 1. The Morgan fingerprint density at radius 1 is 0.929 bits per heavy atom. The lowest BCUT2D eigenvalue weighted by Crippen LogP contribution is -2.47. The summed E-state index contributed by atoms with van der Waals surface area (Å²) in [6.45, 7) is 2.37. The van der Waals surface area contributed by atoms with Gasteiger partial charge in [0.05, 0.1) is 6.33 Å². The van der Waals surface area contributed by atoms with Crippen LogP contribution in [0.5, 0.6) is 0 Å². The van der Waals surface area contributed by atoms with E-state index in [-0.39, 0.29) is 0 Å². The first-order chi connectivity index (χ1) is 13.5. The molecule has 0 atom stereocenters. The van der Waals surface area contributed by atoms with Crippen molar-refractivity contribution in [2.24, 2.45) is 0 Å². The number of hydrogen-bond acceptors (Lipinski definition) is 6. The number of halogens is 3. The highest BCUT2D eigenvalue weighted by molar-refractivity contribution is 5.83. The molecule has 146 valence electrons. The lowest BCUT2D eigenvalue weighted by atomic mass is 10.2. The van der Waals surface area contributed by atoms with Gasteiger partial charge < -0.3 is 14.4 Å². The van der Waals surface area contributed by atoms with Crippen LogP contribution in [0.1, 0.15) is 24.6 Å². The van der Waals surface area contributed by atoms with Crippen molar-refractivity contribution in [3.8, 4) is 0 Å². The third-order valence-corrected chi connectivity index (χ3v) is 5.21. The molecular formula is C18H18F3N7. The van der Waals surface area contributed by atoms with Gasteiger partial charge in [-0.3, -0.25) is 0 Å². The fourth-order valence-electron chi connectivity index (χ4n) is 3.60. The van der Waals surface area contributed by atoms with Gasteiger partial charge in [0.15, 0.2) is 17.0 Å². The first kappa shape index (κ1) is 17.2. The Labute approximate surface area is 158 Å². The zero-order chi connectivity index (χ0) is 19.3. The summed E-state index contributed by atoms with van der Waals surface area (Å²) < 4.78 is 40.9. The summed E-state index contributed by atoms with van der Waals surface area (Å²) in [5, 5.41) is 0. The highest BCUT2D eigenvalue weighted by Gasteiger charge is 2.33. The SMILES string of the molecule is FC(F)(F)c1cccc(N2CCN(c3ncnc4c3ncn4C3CC3)CC2)n1. The molecule has 1 saturated carbocycles. The summed E-state index contributed by atoms with van der Waals surface area (Å²) in [4.78, 5) is 21.1. The average Bonchev–Trinajstić information content (AvgIpc) is 3.46. The Kier molecular flexibility index (Phi) is 3.88. The fourth-order valence-corrected chi connectivity index (χ4v) is 3.60. The van der Waals surface area contributed by atoms with Crippen molar-refractivity contribution in [3.63, 3.8) is 0 Å². The van der Waals surface area contributed by atoms with E-state index in [1.807, 2.05) is 11.2 Å². The molecule has 10 heteroatoms. The maximum atomic E-state index is 12.9. The second-order valence-corrected chi connectivity index (χ2v) is 7.11. The number of rotatable bonds is 3. The molecule has 0 amide bonds. The molecule has 0 spiro atoms. The van der Waals surface area contributed by atoms with Crippen LogP contribution in [-0.2, 0) is 6.18 Å². The van der Waals surface area contributed by atoms with Gasteiger partial charge in [-0.1, -0.05) is 6.07 Å². The third kappa shape index (κ3) is 3.02. The average molecular weight is 389 g/mol. The van der Waals surface area contributed by atoms with Crippen LogP contribution in [0, 0.1) is 0 Å². The first-order valence-corrected chi connectivity index (χ1v) is 9.22. The van der Waals surface area contributed by atoms with E-state index in [9.17, 15) is 13.2 Å². The minimum atomic E-state index is -4.44. The lowest BCUT2D eigenvalue weighted by Gasteiger charge is -2.36. The highest BCUT2D eigenvalue weighted by Crippen LogP contribution is 2.37. The molecule has 0 radical (unpaired) electrons. The number of aromatic nitrogens is 5. The second-order valence-electron chi connectivity index (χ2n) is 7.11. The molecular weight excluding hydrogens is 371 g/mol. The quantitative estimate of drug-likeness (QED) is 0.687. The Morgan fingerprint density at radius 2 is 1.68 bits per heavy atom. The molecule has 2 fully saturated rings. The third-order valence-electron chi connectivity index (χ3n) is 5.21. The lowest BCUT2D eigenvalue weighted by molar-refractivity contribution is -0.141. The van der Waals surface area contributed by atoms with Crippen LogP contribution in [0.4, 0.5) is 24.8 Å². The Morgan fingerprint density at radius 3 is 2.39 bits per heavy atom. The van der Waals surface area contributed by atoms with E-state index in [0.717, 1.165) is 35.9 Å². The van der Waals surface area contributed by atoms with Gasteiger partial charge in [0.25, 0.3) is 0 Å². The molecule has 4 heterocycles. The highest BCUT2D eigenvalue weighted by atomic mass is 19.4. The van der Waals surface area contributed by atoms with E-state index in [4.69, 9.17) is 0 Å². The van der Waals surface area contributed by atoms with Crippen molar-refractivity contribution in [1.29, 1.82) is 0 Å². The van der Waals surface area contributed by atoms with Crippen LogP contribution < -0.4 is 9.80 Å². The molecule has 5 rings (SSSR count). The summed E-state index contributed by atoms with van der Waals surface area (Å²) in [6, 6.07) is 4.49. The number of nitrogens with zero attached hydrogens (tertiary/aromatic N) is 7. The summed E-state index contributed by atoms with van der Waals surface area (Å²) in [5.41, 5.74) is 0.755. The van der Waals surface area contributed by atoms with E-state index >= 15 is 0 Å². The number of anilines is 2. The van der Waals surface area contributed by atoms with Crippen molar-refractivity contribution < 1.29 is 13.2 Å². The fraction of sp³-hybridized carbons (Fsp3) is 0.444. The van der Waals surface area contributed by atoms with Crippen LogP contribution in [0.15, 0.2) is 30.9 Å². The van der Waals surface area contributed by atoms with Crippen LogP contribution >= 0.6 is 0 Å². The maximum Gasteiger partial charge on any atom is 0.433 e. The molecule has 0 aromatic carbocycles. The van der Waals surface area contributed by atoms with Crippen LogP contribution in [-0.4, -0.2) is 50.7 Å². The summed E-state index contributed by atoms with van der Waals surface area (Å²) >= 11 is 0. The first-order valence-electron chi connectivity index (χ1n) is 9.22. The number of hydrogen-bond donors (Lipinski definition) is 0. The molecule has 3 aromatic rings. The number of piperazine rings is 1. The van der Waals surface area contributed by atoms with Crippen molar-refractivity contribution in [2.75, 3.05) is 36.0 Å². The monoisotopic (exact) mass is 389 g/mol. The van der Waals surface area contributed by atoms with Gasteiger partial charge >= 0.3 is 6.18 Å². The topological polar surface area (TPSA) is 63.0 Å². The Bertz CT molecular complexity index is 1000. The van der Waals surface area contributed by atoms with Gasteiger partial charge in [-0.15, -0.1) is 0 Å². The predicted octanol–water partition coefficient (Wildman–Crippen LogP) is 2.90. The van der Waals surface area contributed by atoms with Gasteiger partial charge in [-0.25, -0.2) is 19.9 Å². The molecule has 7 nitrogen and oxygen atoms in total. The van der Waals surface area contributed by atoms with E-state index in [2.05, 4.69) is 29.4 Å². The van der Waals surface area contributed by atoms with Gasteiger partial charge in [-0.05, 0) is 25.0 Å². The van der Waals surface area contributed by atoms with Crippen LogP contribution in [0.3, 0.4) is 0 Å². The normalized spacial score (nSPS) is 18.1. The Hall–Kier alpha value is -2.91. The van der Waals surface area contributed by atoms with Crippen molar-refractivity contribution in [2.45, 2.75) is 25.1 Å². The van der Waals surface area contributed by atoms with E-state index in [1.165, 1.54) is 6.07 Å². The zero-order valence-electron chi connectivity index (χ0n) is 15.0. The second kappa shape index (κ2) is 6.32. The smallest absolute Gasteiger partial charge is 0.353 e. The predicted molar refractivity (Wildman–Crippen MR) is 97.3 cm³/mol. The molecule has 3 aromatic heterocycles. The molecule has 1 aliphatic carbocycles. The molecule has 1 aliphatic heterocycles. The summed E-state index contributed by atoms with van der Waals surface area (Å²) in [6.07, 6.45) is 1.23. The van der Waals surface area contributed by atoms with Gasteiger partial charge in [0.2, 0.25) is 0 Å². The molecule has 1 saturated heterocycles. The zero-order valence-corrected chi connectivity index (χ0v) is 15.0. The van der Waals surface area contributed by atoms with Gasteiger partial charge in [0, 0.05) is 32.2 Å². The van der Waals surface area contributed by atoms with Gasteiger partial charge in [0.1, 0.15) is 17.8 Å². The summed E-state index contributed by atoms with van der Waals surface area (Å²) in [7, 11) is 0. The van der Waals surface area contributed by atoms with E-state index in [1.54, 1.807) is 12.4 Å². The Balaban J connectivity index is 1.35. The van der Waals surface area contributed by atoms with Crippen molar-refractivity contribution >= 4 is 22.8 Å². The largest absolute Gasteiger partial charge is 0.433 e. The van der Waals surface area contributed by atoms with Crippen LogP contribution in [0.25, 0.3) is 11.2 Å². The number of alkyl halides is 3. The minimum Gasteiger partial charge on any atom is -0.353 e. The molecule has 2 aliphatic rings. The minimum absolute atomic E-state index is 0.348. The molecule has 28 heavy (non-hydrogen) atoms. The van der Waals surface area contributed by atoms with Crippen LogP contribution in [0.2, 0.25) is 0 Å². The number of imidazole rings is 1. The standard InChI is InChI=1S/C18H18F3N7/c19-18(20,21)13-2-1-3-14(25-13)26-6-8-27(9-7-26)16-15-17(23-10-22-16)28(11-24-15)12-4-5-12/h1-3,10-12H,4-9H2. The van der Waals surface area contributed by atoms with E-state index < -0.39 is 11.9 Å². The van der Waals surface area contributed by atoms with E-state index in [0.29, 0.717) is 38.0 Å². The molecule has 0 bridgehead atoms. The molecule has 0 unspecified atom stereocenters. The van der Waals surface area contributed by atoms with Gasteiger partial charge in [-0.2, -0.15) is 13.2 Å². The van der Waals surface area contributed by atoms with Crippen molar-refractivity contribution in [3.05, 3.63) is 36.5 Å². The summed E-state index contributed by atoms with van der Waals surface area (Å²) in [5.74, 6) is 1.13.